The summed E-state index contributed by atoms with van der Waals surface area (Å²) in [7, 11) is 1.99. The Bertz CT molecular complexity index is 193. The van der Waals surface area contributed by atoms with Crippen LogP contribution >= 0.6 is 0 Å². The van der Waals surface area contributed by atoms with Gasteiger partial charge in [-0.3, -0.25) is 9.69 Å². The van der Waals surface area contributed by atoms with Gasteiger partial charge in [0.15, 0.2) is 0 Å². The van der Waals surface area contributed by atoms with E-state index >= 15 is 0 Å². The number of hydrogen-bond donors (Lipinski definition) is 1. The van der Waals surface area contributed by atoms with Crippen molar-refractivity contribution in [1.82, 2.24) is 4.90 Å². The molecule has 0 aromatic carbocycles. The molecule has 3 unspecified atom stereocenters. The molecule has 0 heterocycles. The number of nitrogens with zero attached hydrogens (tertiary/aromatic N) is 1. The fraction of sp³-hybridized carbons (Fsp3) is 0.900. The van der Waals surface area contributed by atoms with Crippen LogP contribution in [0.1, 0.15) is 26.7 Å². The van der Waals surface area contributed by atoms with Crippen LogP contribution < -0.4 is 5.73 Å². The summed E-state index contributed by atoms with van der Waals surface area (Å²) in [6.07, 6.45) is 2.12. The van der Waals surface area contributed by atoms with Gasteiger partial charge < -0.3 is 5.73 Å². The second-order valence-corrected chi connectivity index (χ2v) is 4.24. The van der Waals surface area contributed by atoms with Crippen LogP contribution in [0, 0.1) is 11.8 Å². The Kier molecular flexibility index (Phi) is 3.31. The largest absolute Gasteiger partial charge is 0.368 e. The van der Waals surface area contributed by atoms with Gasteiger partial charge >= 0.3 is 0 Å². The first kappa shape index (κ1) is 10.5. The molecule has 13 heavy (non-hydrogen) atoms. The van der Waals surface area contributed by atoms with Gasteiger partial charge in [-0.1, -0.05) is 13.8 Å². The molecule has 0 aliphatic heterocycles. The number of nitrogens with two attached hydrogens (primary N) is 1. The van der Waals surface area contributed by atoms with Crippen LogP contribution in [0.5, 0.6) is 0 Å². The predicted molar refractivity (Wildman–Crippen MR) is 53.2 cm³/mol. The highest BCUT2D eigenvalue weighted by Gasteiger charge is 2.34. The van der Waals surface area contributed by atoms with E-state index in [1.54, 1.807) is 0 Å². The van der Waals surface area contributed by atoms with Crippen molar-refractivity contribution in [3.63, 3.8) is 0 Å². The summed E-state index contributed by atoms with van der Waals surface area (Å²) in [4.78, 5) is 13.1. The number of carbonyl (C=O) groups excluding carboxylic acids is 1. The second-order valence-electron chi connectivity index (χ2n) is 4.24. The molecule has 2 N–H and O–H groups in total. The molecule has 1 aliphatic rings. The Morgan fingerprint density at radius 2 is 2.23 bits per heavy atom. The van der Waals surface area contributed by atoms with Crippen molar-refractivity contribution in [2.24, 2.45) is 17.6 Å². The first-order valence-electron chi connectivity index (χ1n) is 5.05. The summed E-state index contributed by atoms with van der Waals surface area (Å²) in [6.45, 7) is 5.27. The molecule has 3 nitrogen and oxygen atoms in total. The highest BCUT2D eigenvalue weighted by molar-refractivity contribution is 5.79. The number of rotatable bonds is 5. The van der Waals surface area contributed by atoms with Gasteiger partial charge in [0.05, 0.1) is 6.04 Å². The highest BCUT2D eigenvalue weighted by Crippen LogP contribution is 2.38. The number of likely N-dealkylation sites (N-methyl/N-ethyl adjacent to an activating group) is 1. The SMILES string of the molecule is CCC(C(N)=O)N(C)CC1CC1C. The molecule has 3 heteroatoms. The van der Waals surface area contributed by atoms with Crippen molar-refractivity contribution in [2.45, 2.75) is 32.7 Å². The zero-order valence-electron chi connectivity index (χ0n) is 8.79. The lowest BCUT2D eigenvalue weighted by Gasteiger charge is -2.24. The molecule has 0 spiro atoms. The van der Waals surface area contributed by atoms with Crippen LogP contribution in [0.15, 0.2) is 0 Å². The molecule has 1 saturated carbocycles. The van der Waals surface area contributed by atoms with Crippen LogP contribution in [-0.4, -0.2) is 30.4 Å². The summed E-state index contributed by atoms with van der Waals surface area (Å²) in [5.41, 5.74) is 5.30. The van der Waals surface area contributed by atoms with E-state index in [-0.39, 0.29) is 11.9 Å². The Labute approximate surface area is 80.3 Å². The second kappa shape index (κ2) is 4.09. The van der Waals surface area contributed by atoms with Gasteiger partial charge in [0.1, 0.15) is 0 Å². The van der Waals surface area contributed by atoms with Crippen molar-refractivity contribution < 1.29 is 4.79 Å². The first-order valence-corrected chi connectivity index (χ1v) is 5.05. The smallest absolute Gasteiger partial charge is 0.234 e. The molecule has 1 amide bonds. The molecule has 0 aromatic heterocycles. The van der Waals surface area contributed by atoms with Gasteiger partial charge in [-0.05, 0) is 31.7 Å². The average molecular weight is 184 g/mol. The molecule has 0 saturated heterocycles. The van der Waals surface area contributed by atoms with Crippen LogP contribution in [0.4, 0.5) is 0 Å². The molecule has 1 fully saturated rings. The van der Waals surface area contributed by atoms with Gasteiger partial charge in [-0.15, -0.1) is 0 Å². The monoisotopic (exact) mass is 184 g/mol. The Hall–Kier alpha value is -0.570. The predicted octanol–water partition coefficient (Wildman–Crippen LogP) is 0.838. The summed E-state index contributed by atoms with van der Waals surface area (Å²) in [6, 6.07) is -0.0761. The first-order chi connectivity index (χ1) is 6.06. The fourth-order valence-electron chi connectivity index (χ4n) is 1.88. The van der Waals surface area contributed by atoms with Crippen LogP contribution in [0.3, 0.4) is 0 Å². The lowest BCUT2D eigenvalue weighted by atomic mass is 10.1. The van der Waals surface area contributed by atoms with E-state index in [4.69, 9.17) is 5.73 Å². The van der Waals surface area contributed by atoms with Crippen LogP contribution in [-0.2, 0) is 4.79 Å². The number of carbonyl (C=O) groups is 1. The lowest BCUT2D eigenvalue weighted by Crippen LogP contribution is -2.43. The Balaban J connectivity index is 2.35. The summed E-state index contributed by atoms with van der Waals surface area (Å²) in [5.74, 6) is 1.43. The maximum absolute atomic E-state index is 11.0. The summed E-state index contributed by atoms with van der Waals surface area (Å²) in [5, 5.41) is 0. The van der Waals surface area contributed by atoms with Crippen molar-refractivity contribution in [3.8, 4) is 0 Å². The minimum atomic E-state index is -0.196. The molecule has 0 aromatic rings. The quantitative estimate of drug-likeness (QED) is 0.688. The zero-order valence-corrected chi connectivity index (χ0v) is 8.79. The standard InChI is InChI=1S/C10H20N2O/c1-4-9(10(11)13)12(3)6-8-5-7(8)2/h7-9H,4-6H2,1-3H3,(H2,11,13). The minimum absolute atomic E-state index is 0.0761. The molecular weight excluding hydrogens is 164 g/mol. The third-order valence-electron chi connectivity index (χ3n) is 3.05. The number of hydrogen-bond acceptors (Lipinski definition) is 2. The number of amides is 1. The zero-order chi connectivity index (χ0) is 10.0. The van der Waals surface area contributed by atoms with Crippen molar-refractivity contribution >= 4 is 5.91 Å². The van der Waals surface area contributed by atoms with E-state index in [2.05, 4.69) is 11.8 Å². The Morgan fingerprint density at radius 1 is 1.69 bits per heavy atom. The third kappa shape index (κ3) is 2.69. The summed E-state index contributed by atoms with van der Waals surface area (Å²) >= 11 is 0. The molecule has 1 rings (SSSR count). The topological polar surface area (TPSA) is 46.3 Å². The van der Waals surface area contributed by atoms with Crippen molar-refractivity contribution in [1.29, 1.82) is 0 Å². The van der Waals surface area contributed by atoms with Crippen molar-refractivity contribution in [2.75, 3.05) is 13.6 Å². The van der Waals surface area contributed by atoms with Crippen LogP contribution in [0.2, 0.25) is 0 Å². The molecule has 0 bridgehead atoms. The number of primary amides is 1. The van der Waals surface area contributed by atoms with Gasteiger partial charge in [-0.25, -0.2) is 0 Å². The normalized spacial score (nSPS) is 28.9. The molecule has 0 radical (unpaired) electrons. The summed E-state index contributed by atoms with van der Waals surface area (Å²) < 4.78 is 0. The van der Waals surface area contributed by atoms with Gasteiger partial charge in [0.2, 0.25) is 5.91 Å². The van der Waals surface area contributed by atoms with E-state index in [1.165, 1.54) is 6.42 Å². The molecular formula is C10H20N2O. The van der Waals surface area contributed by atoms with E-state index in [0.29, 0.717) is 0 Å². The van der Waals surface area contributed by atoms with Crippen LogP contribution in [0.25, 0.3) is 0 Å². The van der Waals surface area contributed by atoms with E-state index in [1.807, 2.05) is 14.0 Å². The highest BCUT2D eigenvalue weighted by atomic mass is 16.1. The maximum Gasteiger partial charge on any atom is 0.234 e. The minimum Gasteiger partial charge on any atom is -0.368 e. The van der Waals surface area contributed by atoms with Gasteiger partial charge in [0.25, 0.3) is 0 Å². The van der Waals surface area contributed by atoms with E-state index in [9.17, 15) is 4.79 Å². The van der Waals surface area contributed by atoms with Gasteiger partial charge in [0, 0.05) is 6.54 Å². The van der Waals surface area contributed by atoms with Crippen molar-refractivity contribution in [3.05, 3.63) is 0 Å². The lowest BCUT2D eigenvalue weighted by molar-refractivity contribution is -0.122. The maximum atomic E-state index is 11.0. The molecule has 3 atom stereocenters. The van der Waals surface area contributed by atoms with Gasteiger partial charge in [-0.2, -0.15) is 0 Å². The van der Waals surface area contributed by atoms with E-state index in [0.717, 1.165) is 24.8 Å². The molecule has 76 valence electrons. The average Bonchev–Trinajstić information content (AvgIpc) is 2.66. The molecule has 1 aliphatic carbocycles. The van der Waals surface area contributed by atoms with E-state index < -0.39 is 0 Å². The fourth-order valence-corrected chi connectivity index (χ4v) is 1.88. The third-order valence-corrected chi connectivity index (χ3v) is 3.05. The Morgan fingerprint density at radius 3 is 2.54 bits per heavy atom.